The molecule has 2 aromatic rings. The van der Waals surface area contributed by atoms with Gasteiger partial charge in [-0.2, -0.15) is 5.26 Å². The van der Waals surface area contributed by atoms with Crippen LogP contribution in [0.1, 0.15) is 15.9 Å². The summed E-state index contributed by atoms with van der Waals surface area (Å²) in [4.78, 5) is 11.9. The van der Waals surface area contributed by atoms with Crippen molar-refractivity contribution in [2.45, 2.75) is 4.90 Å². The molecule has 0 atom stereocenters. The number of anilines is 1. The van der Waals surface area contributed by atoms with Gasteiger partial charge in [0, 0.05) is 17.8 Å². The standard InChI is InChI=1S/C17H15N3O3S/c1-2-10-19-17(21)14-4-3-5-16(11-14)24(22,23)20-15-8-6-13(12-18)7-9-15/h2-9,11,20H,1,10H2,(H,19,21). The summed E-state index contributed by atoms with van der Waals surface area (Å²) in [5.74, 6) is -0.384. The molecule has 0 unspecified atom stereocenters. The van der Waals surface area contributed by atoms with Crippen molar-refractivity contribution in [3.8, 4) is 6.07 Å². The highest BCUT2D eigenvalue weighted by atomic mass is 32.2. The summed E-state index contributed by atoms with van der Waals surface area (Å²) >= 11 is 0. The molecule has 0 aromatic heterocycles. The fourth-order valence-corrected chi connectivity index (χ4v) is 3.00. The van der Waals surface area contributed by atoms with Crippen molar-refractivity contribution >= 4 is 21.6 Å². The number of carbonyl (C=O) groups excluding carboxylic acids is 1. The number of hydrogen-bond donors (Lipinski definition) is 2. The second kappa shape index (κ2) is 7.44. The summed E-state index contributed by atoms with van der Waals surface area (Å²) in [6.07, 6.45) is 1.53. The van der Waals surface area contributed by atoms with Crippen LogP contribution in [0.25, 0.3) is 0 Å². The van der Waals surface area contributed by atoms with E-state index in [1.54, 1.807) is 0 Å². The number of rotatable bonds is 6. The minimum Gasteiger partial charge on any atom is -0.349 e. The molecule has 122 valence electrons. The third-order valence-corrected chi connectivity index (χ3v) is 4.46. The van der Waals surface area contributed by atoms with Crippen molar-refractivity contribution in [3.63, 3.8) is 0 Å². The van der Waals surface area contributed by atoms with Gasteiger partial charge in [-0.25, -0.2) is 8.42 Å². The third kappa shape index (κ3) is 4.21. The predicted molar refractivity (Wildman–Crippen MR) is 90.9 cm³/mol. The SMILES string of the molecule is C=CCNC(=O)c1cccc(S(=O)(=O)Nc2ccc(C#N)cc2)c1. The van der Waals surface area contributed by atoms with E-state index in [9.17, 15) is 13.2 Å². The molecule has 0 aliphatic carbocycles. The summed E-state index contributed by atoms with van der Waals surface area (Å²) in [6, 6.07) is 13.7. The zero-order valence-electron chi connectivity index (χ0n) is 12.7. The van der Waals surface area contributed by atoms with Gasteiger partial charge >= 0.3 is 0 Å². The number of sulfonamides is 1. The normalized spacial score (nSPS) is 10.5. The molecular formula is C17H15N3O3S. The molecule has 0 radical (unpaired) electrons. The topological polar surface area (TPSA) is 99.1 Å². The second-order valence-electron chi connectivity index (χ2n) is 4.82. The summed E-state index contributed by atoms with van der Waals surface area (Å²) in [5, 5.41) is 11.3. The molecule has 2 aromatic carbocycles. The van der Waals surface area contributed by atoms with E-state index in [1.165, 1.54) is 54.6 Å². The molecule has 0 spiro atoms. The average molecular weight is 341 g/mol. The van der Waals surface area contributed by atoms with Crippen LogP contribution in [-0.2, 0) is 10.0 Å². The van der Waals surface area contributed by atoms with Crippen molar-refractivity contribution in [2.75, 3.05) is 11.3 Å². The fourth-order valence-electron chi connectivity index (χ4n) is 1.90. The Kier molecular flexibility index (Phi) is 5.35. The first-order valence-corrected chi connectivity index (χ1v) is 8.47. The highest BCUT2D eigenvalue weighted by Crippen LogP contribution is 2.17. The summed E-state index contributed by atoms with van der Waals surface area (Å²) < 4.78 is 27.3. The maximum absolute atomic E-state index is 12.4. The second-order valence-corrected chi connectivity index (χ2v) is 6.50. The molecule has 24 heavy (non-hydrogen) atoms. The summed E-state index contributed by atoms with van der Waals surface area (Å²) in [7, 11) is -3.84. The van der Waals surface area contributed by atoms with Gasteiger partial charge in [-0.05, 0) is 42.5 Å². The Morgan fingerprint density at radius 2 is 1.92 bits per heavy atom. The molecule has 0 aliphatic heterocycles. The third-order valence-electron chi connectivity index (χ3n) is 3.08. The molecule has 0 fully saturated rings. The zero-order chi connectivity index (χ0) is 17.6. The number of hydrogen-bond acceptors (Lipinski definition) is 4. The van der Waals surface area contributed by atoms with Crippen LogP contribution < -0.4 is 10.0 Å². The van der Waals surface area contributed by atoms with Gasteiger partial charge < -0.3 is 5.32 Å². The monoisotopic (exact) mass is 341 g/mol. The molecule has 6 nitrogen and oxygen atoms in total. The summed E-state index contributed by atoms with van der Waals surface area (Å²) in [6.45, 7) is 3.79. The first-order valence-electron chi connectivity index (χ1n) is 6.98. The van der Waals surface area contributed by atoms with Gasteiger partial charge in [-0.3, -0.25) is 9.52 Å². The lowest BCUT2D eigenvalue weighted by Crippen LogP contribution is -2.23. The number of carbonyl (C=O) groups is 1. The maximum Gasteiger partial charge on any atom is 0.261 e. The molecule has 0 bridgehead atoms. The van der Waals surface area contributed by atoms with Crippen molar-refractivity contribution < 1.29 is 13.2 Å². The molecule has 1 amide bonds. The predicted octanol–water partition coefficient (Wildman–Crippen LogP) is 2.27. The van der Waals surface area contributed by atoms with Crippen LogP contribution >= 0.6 is 0 Å². The van der Waals surface area contributed by atoms with E-state index in [-0.39, 0.29) is 16.4 Å². The van der Waals surface area contributed by atoms with Crippen molar-refractivity contribution in [1.82, 2.24) is 5.32 Å². The minimum absolute atomic E-state index is 0.0295. The maximum atomic E-state index is 12.4. The van der Waals surface area contributed by atoms with Crippen molar-refractivity contribution in [3.05, 3.63) is 72.3 Å². The van der Waals surface area contributed by atoms with E-state index in [4.69, 9.17) is 5.26 Å². The lowest BCUT2D eigenvalue weighted by molar-refractivity contribution is 0.0958. The minimum atomic E-state index is -3.84. The molecule has 2 N–H and O–H groups in total. The van der Waals surface area contributed by atoms with Gasteiger partial charge in [0.1, 0.15) is 0 Å². The Bertz CT molecular complexity index is 897. The Hall–Kier alpha value is -3.11. The first-order chi connectivity index (χ1) is 11.5. The van der Waals surface area contributed by atoms with Gasteiger partial charge in [0.05, 0.1) is 16.5 Å². The molecule has 2 rings (SSSR count). The molecule has 0 saturated heterocycles. The fraction of sp³-hybridized carbons (Fsp3) is 0.0588. The smallest absolute Gasteiger partial charge is 0.261 e. The number of amides is 1. The Morgan fingerprint density at radius 1 is 1.21 bits per heavy atom. The van der Waals surface area contributed by atoms with Gasteiger partial charge in [0.15, 0.2) is 0 Å². The zero-order valence-corrected chi connectivity index (χ0v) is 13.5. The Labute approximate surface area is 140 Å². The van der Waals surface area contributed by atoms with Crippen LogP contribution in [0, 0.1) is 11.3 Å². The van der Waals surface area contributed by atoms with E-state index >= 15 is 0 Å². The first kappa shape index (κ1) is 17.2. The van der Waals surface area contributed by atoms with Gasteiger partial charge in [-0.15, -0.1) is 6.58 Å². The van der Waals surface area contributed by atoms with Crippen LogP contribution in [0.5, 0.6) is 0 Å². The van der Waals surface area contributed by atoms with Crippen LogP contribution in [-0.4, -0.2) is 20.9 Å². The van der Waals surface area contributed by atoms with Crippen molar-refractivity contribution in [1.29, 1.82) is 5.26 Å². The largest absolute Gasteiger partial charge is 0.349 e. The van der Waals surface area contributed by atoms with Crippen LogP contribution in [0.2, 0.25) is 0 Å². The highest BCUT2D eigenvalue weighted by molar-refractivity contribution is 7.92. The highest BCUT2D eigenvalue weighted by Gasteiger charge is 2.16. The number of nitrogens with zero attached hydrogens (tertiary/aromatic N) is 1. The lowest BCUT2D eigenvalue weighted by atomic mass is 10.2. The van der Waals surface area contributed by atoms with E-state index < -0.39 is 10.0 Å². The van der Waals surface area contributed by atoms with Crippen LogP contribution in [0.3, 0.4) is 0 Å². The summed E-state index contributed by atoms with van der Waals surface area (Å²) in [5.41, 5.74) is 0.994. The number of nitriles is 1. The quantitative estimate of drug-likeness (QED) is 0.787. The number of benzene rings is 2. The van der Waals surface area contributed by atoms with E-state index in [2.05, 4.69) is 16.6 Å². The van der Waals surface area contributed by atoms with Crippen LogP contribution in [0.4, 0.5) is 5.69 Å². The van der Waals surface area contributed by atoms with Crippen LogP contribution in [0.15, 0.2) is 66.1 Å². The van der Waals surface area contributed by atoms with Crippen molar-refractivity contribution in [2.24, 2.45) is 0 Å². The molecule has 0 heterocycles. The van der Waals surface area contributed by atoms with Gasteiger partial charge in [0.25, 0.3) is 15.9 Å². The molecule has 0 saturated carbocycles. The lowest BCUT2D eigenvalue weighted by Gasteiger charge is -2.09. The van der Waals surface area contributed by atoms with Gasteiger partial charge in [0.2, 0.25) is 0 Å². The Morgan fingerprint density at radius 3 is 2.54 bits per heavy atom. The van der Waals surface area contributed by atoms with E-state index in [1.807, 2.05) is 6.07 Å². The van der Waals surface area contributed by atoms with Gasteiger partial charge in [-0.1, -0.05) is 12.1 Å². The molecule has 0 aliphatic rings. The Balaban J connectivity index is 2.24. The average Bonchev–Trinajstić information content (AvgIpc) is 2.60. The van der Waals surface area contributed by atoms with E-state index in [0.29, 0.717) is 17.8 Å². The van der Waals surface area contributed by atoms with E-state index in [0.717, 1.165) is 0 Å². The molecular weight excluding hydrogens is 326 g/mol. The number of nitrogens with one attached hydrogen (secondary N) is 2. The molecule has 7 heteroatoms.